The summed E-state index contributed by atoms with van der Waals surface area (Å²) in [6, 6.07) is -2.71. The number of rotatable bonds is 14. The summed E-state index contributed by atoms with van der Waals surface area (Å²) in [5, 5.41) is 16.9. The number of carbonyl (C=O) groups is 4. The van der Waals surface area contributed by atoms with E-state index in [0.29, 0.717) is 32.2 Å². The third-order valence-electron chi connectivity index (χ3n) is 4.82. The maximum absolute atomic E-state index is 12.6. The molecule has 3 amide bonds. The van der Waals surface area contributed by atoms with Crippen LogP contribution in [-0.4, -0.2) is 60.0 Å². The van der Waals surface area contributed by atoms with Gasteiger partial charge in [0.15, 0.2) is 0 Å². The fraction of sp³-hybridized carbons (Fsp3) is 0.789. The van der Waals surface area contributed by atoms with Gasteiger partial charge in [-0.05, 0) is 37.6 Å². The van der Waals surface area contributed by atoms with Crippen LogP contribution in [0.2, 0.25) is 0 Å². The van der Waals surface area contributed by atoms with Crippen LogP contribution in [0.4, 0.5) is 0 Å². The van der Waals surface area contributed by atoms with Crippen molar-refractivity contribution in [2.45, 2.75) is 71.5 Å². The SMILES string of the molecule is CCC(C)C(NC(=O)C(CCCCN)NC(=O)CNC(=O)C(N)C(C)C)C(=O)O. The van der Waals surface area contributed by atoms with Gasteiger partial charge in [0.1, 0.15) is 12.1 Å². The predicted molar refractivity (Wildman–Crippen MR) is 110 cm³/mol. The molecule has 29 heavy (non-hydrogen) atoms. The van der Waals surface area contributed by atoms with Gasteiger partial charge in [-0.15, -0.1) is 0 Å². The van der Waals surface area contributed by atoms with Crippen LogP contribution in [0, 0.1) is 11.8 Å². The number of carboxylic acid groups (broad SMARTS) is 1. The molecule has 0 rings (SSSR count). The topological polar surface area (TPSA) is 177 Å². The summed E-state index contributed by atoms with van der Waals surface area (Å²) in [6.07, 6.45) is 2.12. The number of nitrogens with two attached hydrogens (primary N) is 2. The molecule has 0 aromatic rings. The van der Waals surface area contributed by atoms with Crippen molar-refractivity contribution in [1.29, 1.82) is 0 Å². The first-order valence-electron chi connectivity index (χ1n) is 10.1. The van der Waals surface area contributed by atoms with E-state index in [4.69, 9.17) is 11.5 Å². The standard InChI is InChI=1S/C19H37N5O5/c1-5-12(4)16(19(28)29)24-17(26)13(8-6-7-9-20)23-14(25)10-22-18(27)15(21)11(2)3/h11-13,15-16H,5-10,20-21H2,1-4H3,(H,22,27)(H,23,25)(H,24,26)(H,28,29). The van der Waals surface area contributed by atoms with Gasteiger partial charge in [0.05, 0.1) is 12.6 Å². The molecule has 0 fully saturated rings. The van der Waals surface area contributed by atoms with Gasteiger partial charge < -0.3 is 32.5 Å². The first kappa shape index (κ1) is 26.8. The van der Waals surface area contributed by atoms with Crippen molar-refractivity contribution in [2.75, 3.05) is 13.1 Å². The summed E-state index contributed by atoms with van der Waals surface area (Å²) < 4.78 is 0. The minimum Gasteiger partial charge on any atom is -0.480 e. The third kappa shape index (κ3) is 10.2. The summed E-state index contributed by atoms with van der Waals surface area (Å²) in [4.78, 5) is 48.2. The number of nitrogens with one attached hydrogen (secondary N) is 3. The van der Waals surface area contributed by atoms with E-state index in [9.17, 15) is 24.3 Å². The van der Waals surface area contributed by atoms with Crippen LogP contribution in [-0.2, 0) is 19.2 Å². The van der Waals surface area contributed by atoms with E-state index in [1.165, 1.54) is 0 Å². The van der Waals surface area contributed by atoms with Crippen LogP contribution in [0.5, 0.6) is 0 Å². The second kappa shape index (κ2) is 13.9. The smallest absolute Gasteiger partial charge is 0.326 e. The minimum absolute atomic E-state index is 0.0821. The first-order valence-corrected chi connectivity index (χ1v) is 10.1. The Kier molecular flexibility index (Phi) is 12.8. The number of hydrogen-bond acceptors (Lipinski definition) is 6. The lowest BCUT2D eigenvalue weighted by molar-refractivity contribution is -0.143. The van der Waals surface area contributed by atoms with Gasteiger partial charge in [-0.2, -0.15) is 0 Å². The van der Waals surface area contributed by atoms with E-state index in [0.717, 1.165) is 0 Å². The summed E-state index contributed by atoms with van der Waals surface area (Å²) in [5.74, 6) is -3.07. The Morgan fingerprint density at radius 3 is 2.10 bits per heavy atom. The molecule has 0 aliphatic heterocycles. The van der Waals surface area contributed by atoms with Crippen LogP contribution in [0.1, 0.15) is 53.4 Å². The average Bonchev–Trinajstić information content (AvgIpc) is 2.67. The second-order valence-corrected chi connectivity index (χ2v) is 7.60. The van der Waals surface area contributed by atoms with E-state index < -0.39 is 41.8 Å². The Balaban J connectivity index is 4.98. The van der Waals surface area contributed by atoms with Crippen LogP contribution >= 0.6 is 0 Å². The molecular weight excluding hydrogens is 378 g/mol. The van der Waals surface area contributed by atoms with E-state index in [1.807, 2.05) is 6.92 Å². The largest absolute Gasteiger partial charge is 0.480 e. The number of carbonyl (C=O) groups excluding carboxylic acids is 3. The summed E-state index contributed by atoms with van der Waals surface area (Å²) >= 11 is 0. The molecule has 8 N–H and O–H groups in total. The maximum atomic E-state index is 12.6. The monoisotopic (exact) mass is 415 g/mol. The summed E-state index contributed by atoms with van der Waals surface area (Å²) in [6.45, 7) is 7.26. The highest BCUT2D eigenvalue weighted by molar-refractivity contribution is 5.92. The lowest BCUT2D eigenvalue weighted by atomic mass is 9.98. The van der Waals surface area contributed by atoms with Crippen LogP contribution in [0.3, 0.4) is 0 Å². The molecule has 0 aliphatic rings. The van der Waals surface area contributed by atoms with E-state index in [-0.39, 0.29) is 18.4 Å². The fourth-order valence-electron chi connectivity index (χ4n) is 2.53. The number of unbranched alkanes of at least 4 members (excludes halogenated alkanes) is 1. The van der Waals surface area contributed by atoms with Gasteiger partial charge in [0, 0.05) is 0 Å². The molecule has 0 aliphatic carbocycles. The Morgan fingerprint density at radius 1 is 1.00 bits per heavy atom. The lowest BCUT2D eigenvalue weighted by Crippen LogP contribution is -2.55. The zero-order valence-corrected chi connectivity index (χ0v) is 17.9. The Labute approximate surface area is 172 Å². The molecule has 0 aromatic carbocycles. The third-order valence-corrected chi connectivity index (χ3v) is 4.82. The van der Waals surface area contributed by atoms with Crippen LogP contribution in [0.25, 0.3) is 0 Å². The number of carboxylic acids is 1. The van der Waals surface area contributed by atoms with E-state index in [2.05, 4.69) is 16.0 Å². The van der Waals surface area contributed by atoms with Gasteiger partial charge in [0.25, 0.3) is 0 Å². The number of amides is 3. The molecular formula is C19H37N5O5. The van der Waals surface area contributed by atoms with Crippen molar-refractivity contribution in [3.05, 3.63) is 0 Å². The highest BCUT2D eigenvalue weighted by Gasteiger charge is 2.29. The van der Waals surface area contributed by atoms with Gasteiger partial charge in [-0.3, -0.25) is 14.4 Å². The molecule has 10 nitrogen and oxygen atoms in total. The Hall–Kier alpha value is -2.20. The minimum atomic E-state index is -1.13. The number of hydrogen-bond donors (Lipinski definition) is 6. The molecule has 0 spiro atoms. The van der Waals surface area contributed by atoms with Crippen LogP contribution in [0.15, 0.2) is 0 Å². The zero-order valence-electron chi connectivity index (χ0n) is 17.9. The van der Waals surface area contributed by atoms with Gasteiger partial charge in [-0.1, -0.05) is 34.1 Å². The molecule has 0 aromatic heterocycles. The Bertz CT molecular complexity index is 555. The molecule has 10 heteroatoms. The molecule has 168 valence electrons. The van der Waals surface area contributed by atoms with Crippen molar-refractivity contribution in [3.8, 4) is 0 Å². The van der Waals surface area contributed by atoms with Gasteiger partial charge >= 0.3 is 5.97 Å². The van der Waals surface area contributed by atoms with E-state index in [1.54, 1.807) is 20.8 Å². The van der Waals surface area contributed by atoms with Crippen molar-refractivity contribution < 1.29 is 24.3 Å². The molecule has 4 atom stereocenters. The molecule has 0 saturated heterocycles. The summed E-state index contributed by atoms with van der Waals surface area (Å²) in [5.41, 5.74) is 11.2. The maximum Gasteiger partial charge on any atom is 0.326 e. The first-order chi connectivity index (χ1) is 13.5. The zero-order chi connectivity index (χ0) is 22.6. The van der Waals surface area contributed by atoms with E-state index >= 15 is 0 Å². The van der Waals surface area contributed by atoms with Gasteiger partial charge in [0.2, 0.25) is 17.7 Å². The summed E-state index contributed by atoms with van der Waals surface area (Å²) in [7, 11) is 0. The normalized spacial score (nSPS) is 15.1. The van der Waals surface area contributed by atoms with Crippen molar-refractivity contribution in [2.24, 2.45) is 23.3 Å². The average molecular weight is 416 g/mol. The van der Waals surface area contributed by atoms with Crippen LogP contribution < -0.4 is 27.4 Å². The lowest BCUT2D eigenvalue weighted by Gasteiger charge is -2.24. The molecule has 0 heterocycles. The predicted octanol–water partition coefficient (Wildman–Crippen LogP) is -0.685. The van der Waals surface area contributed by atoms with Gasteiger partial charge in [-0.25, -0.2) is 4.79 Å². The molecule has 0 radical (unpaired) electrons. The fourth-order valence-corrected chi connectivity index (χ4v) is 2.53. The second-order valence-electron chi connectivity index (χ2n) is 7.60. The van der Waals surface area contributed by atoms with Crippen molar-refractivity contribution in [3.63, 3.8) is 0 Å². The van der Waals surface area contributed by atoms with Crippen molar-refractivity contribution >= 4 is 23.7 Å². The molecule has 4 unspecified atom stereocenters. The Morgan fingerprint density at radius 2 is 1.62 bits per heavy atom. The number of aliphatic carboxylic acids is 1. The highest BCUT2D eigenvalue weighted by atomic mass is 16.4. The highest BCUT2D eigenvalue weighted by Crippen LogP contribution is 2.09. The quantitative estimate of drug-likeness (QED) is 0.203. The van der Waals surface area contributed by atoms with Crippen molar-refractivity contribution in [1.82, 2.24) is 16.0 Å². The molecule has 0 saturated carbocycles. The molecule has 0 bridgehead atoms.